The number of amides is 1. The van der Waals surface area contributed by atoms with Crippen molar-refractivity contribution in [1.82, 2.24) is 4.90 Å². The van der Waals surface area contributed by atoms with E-state index >= 15 is 0 Å². The Morgan fingerprint density at radius 2 is 1.65 bits per heavy atom. The monoisotopic (exact) mass is 504 g/mol. The van der Waals surface area contributed by atoms with Gasteiger partial charge < -0.3 is 14.5 Å². The van der Waals surface area contributed by atoms with Gasteiger partial charge in [-0.1, -0.05) is 31.4 Å². The number of piperazine rings is 1. The normalized spacial score (nSPS) is 17.1. The summed E-state index contributed by atoms with van der Waals surface area (Å²) < 4.78 is 4.72. The van der Waals surface area contributed by atoms with Crippen molar-refractivity contribution in [3.05, 3.63) is 60.2 Å². The summed E-state index contributed by atoms with van der Waals surface area (Å²) in [6, 6.07) is 16.6. The standard InChI is InChI=1S/C30H40N4O3/c1-31(2)26-13-15-27(16-14-26)33-20-18-32(19-21-33)23-34(30(36)25-9-5-4-6-10-25)28-11-7-8-24(22-28)12-17-29(35)37-3/h7-8,11-17,22,25H,4-6,9-10,18-21,23H2,1-3H3/b17-12+. The first-order valence-electron chi connectivity index (χ1n) is 13.4. The van der Waals surface area contributed by atoms with E-state index in [0.717, 1.165) is 63.1 Å². The number of methoxy groups -OCH3 is 1. The van der Waals surface area contributed by atoms with E-state index in [-0.39, 0.29) is 11.8 Å². The van der Waals surface area contributed by atoms with E-state index in [4.69, 9.17) is 4.74 Å². The molecule has 0 N–H and O–H groups in total. The topological polar surface area (TPSA) is 56.3 Å². The summed E-state index contributed by atoms with van der Waals surface area (Å²) in [5, 5.41) is 0. The molecule has 0 bridgehead atoms. The van der Waals surface area contributed by atoms with Crippen molar-refractivity contribution in [3.63, 3.8) is 0 Å². The van der Waals surface area contributed by atoms with Gasteiger partial charge in [0, 0.05) is 69.3 Å². The minimum Gasteiger partial charge on any atom is -0.466 e. The van der Waals surface area contributed by atoms with Crippen molar-refractivity contribution in [2.24, 2.45) is 5.92 Å². The van der Waals surface area contributed by atoms with Gasteiger partial charge in [0.15, 0.2) is 0 Å². The zero-order valence-electron chi connectivity index (χ0n) is 22.4. The van der Waals surface area contributed by atoms with Crippen molar-refractivity contribution in [2.75, 3.05) is 68.8 Å². The second kappa shape index (κ2) is 12.8. The van der Waals surface area contributed by atoms with Gasteiger partial charge in [0.05, 0.1) is 13.8 Å². The van der Waals surface area contributed by atoms with E-state index in [0.29, 0.717) is 6.67 Å². The second-order valence-electron chi connectivity index (χ2n) is 10.2. The molecule has 0 unspecified atom stereocenters. The number of benzene rings is 2. The van der Waals surface area contributed by atoms with Crippen LogP contribution in [0.4, 0.5) is 17.1 Å². The molecule has 7 heteroatoms. The molecule has 2 aromatic rings. The average molecular weight is 505 g/mol. The molecule has 4 rings (SSSR count). The maximum atomic E-state index is 13.8. The number of carbonyl (C=O) groups excluding carboxylic acids is 2. The second-order valence-corrected chi connectivity index (χ2v) is 10.2. The van der Waals surface area contributed by atoms with Gasteiger partial charge in [-0.05, 0) is 60.9 Å². The molecule has 1 saturated heterocycles. The molecule has 2 fully saturated rings. The summed E-state index contributed by atoms with van der Waals surface area (Å²) in [7, 11) is 5.48. The molecule has 7 nitrogen and oxygen atoms in total. The number of nitrogens with zero attached hydrogens (tertiary/aromatic N) is 4. The van der Waals surface area contributed by atoms with E-state index in [1.165, 1.54) is 31.0 Å². The van der Waals surface area contributed by atoms with Gasteiger partial charge in [-0.25, -0.2) is 4.79 Å². The molecule has 1 heterocycles. The molecule has 37 heavy (non-hydrogen) atoms. The Morgan fingerprint density at radius 3 is 2.30 bits per heavy atom. The van der Waals surface area contributed by atoms with Crippen molar-refractivity contribution < 1.29 is 14.3 Å². The lowest BCUT2D eigenvalue weighted by atomic mass is 9.88. The fourth-order valence-electron chi connectivity index (χ4n) is 5.19. The van der Waals surface area contributed by atoms with Crippen LogP contribution < -0.4 is 14.7 Å². The highest BCUT2D eigenvalue weighted by Crippen LogP contribution is 2.29. The number of ether oxygens (including phenoxy) is 1. The Labute approximate surface area is 221 Å². The van der Waals surface area contributed by atoms with E-state index in [1.807, 2.05) is 29.2 Å². The van der Waals surface area contributed by atoms with Crippen LogP contribution in [0.2, 0.25) is 0 Å². The largest absolute Gasteiger partial charge is 0.466 e. The molecular formula is C30H40N4O3. The van der Waals surface area contributed by atoms with E-state index in [1.54, 1.807) is 6.08 Å². The number of esters is 1. The predicted molar refractivity (Wildman–Crippen MR) is 151 cm³/mol. The Hall–Kier alpha value is -3.32. The number of hydrogen-bond donors (Lipinski definition) is 0. The lowest BCUT2D eigenvalue weighted by Crippen LogP contribution is -2.52. The number of hydrogen-bond acceptors (Lipinski definition) is 6. The Balaban J connectivity index is 1.46. The lowest BCUT2D eigenvalue weighted by Gasteiger charge is -2.39. The molecule has 0 spiro atoms. The third kappa shape index (κ3) is 7.13. The molecule has 0 atom stereocenters. The summed E-state index contributed by atoms with van der Waals surface area (Å²) >= 11 is 0. The predicted octanol–water partition coefficient (Wildman–Crippen LogP) is 4.63. The van der Waals surface area contributed by atoms with Crippen molar-refractivity contribution in [2.45, 2.75) is 32.1 Å². The van der Waals surface area contributed by atoms with Crippen molar-refractivity contribution >= 4 is 35.0 Å². The van der Waals surface area contributed by atoms with Crippen LogP contribution in [0.25, 0.3) is 6.08 Å². The molecule has 1 amide bonds. The van der Waals surface area contributed by atoms with Crippen molar-refractivity contribution in [1.29, 1.82) is 0 Å². The first-order chi connectivity index (χ1) is 17.9. The zero-order chi connectivity index (χ0) is 26.2. The van der Waals surface area contributed by atoms with Crippen LogP contribution in [0.15, 0.2) is 54.6 Å². The highest BCUT2D eigenvalue weighted by atomic mass is 16.5. The number of carbonyl (C=O) groups is 2. The quantitative estimate of drug-likeness (QED) is 0.386. The van der Waals surface area contributed by atoms with Crippen LogP contribution in [0.5, 0.6) is 0 Å². The van der Waals surface area contributed by atoms with Gasteiger partial charge >= 0.3 is 5.97 Å². The smallest absolute Gasteiger partial charge is 0.330 e. The fourth-order valence-corrected chi connectivity index (χ4v) is 5.19. The van der Waals surface area contributed by atoms with Crippen LogP contribution in [0, 0.1) is 5.92 Å². The summed E-state index contributed by atoms with van der Waals surface area (Å²) in [5.41, 5.74) is 4.19. The Kier molecular flexibility index (Phi) is 9.23. The third-order valence-electron chi connectivity index (χ3n) is 7.46. The molecule has 1 aliphatic carbocycles. The maximum absolute atomic E-state index is 13.8. The van der Waals surface area contributed by atoms with Gasteiger partial charge in [0.1, 0.15) is 0 Å². The van der Waals surface area contributed by atoms with Gasteiger partial charge in [-0.3, -0.25) is 14.6 Å². The van der Waals surface area contributed by atoms with Gasteiger partial charge in [-0.2, -0.15) is 0 Å². The number of rotatable bonds is 8. The zero-order valence-corrected chi connectivity index (χ0v) is 22.4. The molecule has 198 valence electrons. The average Bonchev–Trinajstić information content (AvgIpc) is 2.95. The highest BCUT2D eigenvalue weighted by Gasteiger charge is 2.29. The summed E-state index contributed by atoms with van der Waals surface area (Å²) in [6.45, 7) is 4.22. The molecule has 1 saturated carbocycles. The van der Waals surface area contributed by atoms with E-state index < -0.39 is 5.97 Å². The molecule has 1 aliphatic heterocycles. The van der Waals surface area contributed by atoms with Gasteiger partial charge in [0.25, 0.3) is 0 Å². The van der Waals surface area contributed by atoms with Crippen LogP contribution in [0.3, 0.4) is 0 Å². The van der Waals surface area contributed by atoms with Crippen LogP contribution in [0.1, 0.15) is 37.7 Å². The maximum Gasteiger partial charge on any atom is 0.330 e. The van der Waals surface area contributed by atoms with Crippen LogP contribution in [-0.2, 0) is 14.3 Å². The minimum atomic E-state index is -0.394. The van der Waals surface area contributed by atoms with Crippen LogP contribution in [-0.4, -0.2) is 70.8 Å². The highest BCUT2D eigenvalue weighted by molar-refractivity contribution is 5.95. The molecule has 0 radical (unpaired) electrons. The molecule has 2 aliphatic rings. The molecular weight excluding hydrogens is 464 g/mol. The third-order valence-corrected chi connectivity index (χ3v) is 7.46. The summed E-state index contributed by atoms with van der Waals surface area (Å²) in [5.74, 6) is -0.0928. The van der Waals surface area contributed by atoms with Crippen LogP contribution >= 0.6 is 0 Å². The van der Waals surface area contributed by atoms with Crippen molar-refractivity contribution in [3.8, 4) is 0 Å². The van der Waals surface area contributed by atoms with E-state index in [2.05, 4.69) is 53.1 Å². The first kappa shape index (κ1) is 26.7. The Bertz CT molecular complexity index is 1070. The SMILES string of the molecule is COC(=O)/C=C/c1cccc(N(CN2CCN(c3ccc(N(C)C)cc3)CC2)C(=O)C2CCCCC2)c1. The van der Waals surface area contributed by atoms with Gasteiger partial charge in [-0.15, -0.1) is 0 Å². The number of anilines is 3. The molecule has 0 aromatic heterocycles. The summed E-state index contributed by atoms with van der Waals surface area (Å²) in [6.07, 6.45) is 8.54. The minimum absolute atomic E-state index is 0.0829. The lowest BCUT2D eigenvalue weighted by molar-refractivity contribution is -0.134. The van der Waals surface area contributed by atoms with Gasteiger partial charge in [0.2, 0.25) is 5.91 Å². The molecule has 2 aromatic carbocycles. The summed E-state index contributed by atoms with van der Waals surface area (Å²) in [4.78, 5) is 34.2. The first-order valence-corrected chi connectivity index (χ1v) is 13.4. The van der Waals surface area contributed by atoms with E-state index in [9.17, 15) is 9.59 Å². The Morgan fingerprint density at radius 1 is 0.946 bits per heavy atom. The fraction of sp³-hybridized carbons (Fsp3) is 0.467.